The van der Waals surface area contributed by atoms with Crippen LogP contribution in [-0.4, -0.2) is 0 Å². The SMILES string of the molecule is CC1(C)c2ccccc2-c2ccc(N(c3ccc(-c4ccccc4)cc3)c3ccccc3-c3cccc4c3C3(c5ccccc5-c5ccccc53)c3ccccc3-4)cc21. The molecule has 1 spiro atoms. The standard InChI is InChI=1S/C58H41N/c1-57(2)50-26-11-6-19-42(50)46-36-35-41(37-54(46)57)59(40-33-31-39(32-34-40)38-17-4-3-5-18-38)55-30-15-10-23-47(55)49-25-16-24-48-45-22-9-14-29-53(45)58(56(48)49)51-27-12-7-20-43(51)44-21-8-13-28-52(44)58/h3-37H,1-2H3. The molecule has 9 aromatic rings. The molecule has 12 rings (SSSR count). The van der Waals surface area contributed by atoms with Crippen molar-refractivity contribution in [2.45, 2.75) is 24.7 Å². The Bertz CT molecular complexity index is 3070. The van der Waals surface area contributed by atoms with Gasteiger partial charge in [-0.05, 0) is 114 Å². The second-order valence-corrected chi connectivity index (χ2v) is 16.8. The molecule has 0 atom stereocenters. The first-order chi connectivity index (χ1) is 29.0. The number of nitrogens with zero attached hydrogens (tertiary/aromatic N) is 1. The topological polar surface area (TPSA) is 3.24 Å². The first-order valence-electron chi connectivity index (χ1n) is 20.8. The molecule has 9 aromatic carbocycles. The van der Waals surface area contributed by atoms with E-state index < -0.39 is 5.41 Å². The minimum Gasteiger partial charge on any atom is -0.310 e. The normalized spacial score (nSPS) is 14.2. The van der Waals surface area contributed by atoms with E-state index >= 15 is 0 Å². The van der Waals surface area contributed by atoms with Crippen LogP contribution >= 0.6 is 0 Å². The lowest BCUT2D eigenvalue weighted by Crippen LogP contribution is -2.26. The van der Waals surface area contributed by atoms with Gasteiger partial charge in [0.05, 0.1) is 11.1 Å². The highest BCUT2D eigenvalue weighted by atomic mass is 15.1. The van der Waals surface area contributed by atoms with Crippen LogP contribution in [0.15, 0.2) is 212 Å². The van der Waals surface area contributed by atoms with E-state index in [1.54, 1.807) is 0 Å². The zero-order valence-electron chi connectivity index (χ0n) is 33.2. The zero-order valence-corrected chi connectivity index (χ0v) is 33.2. The molecule has 0 unspecified atom stereocenters. The number of hydrogen-bond donors (Lipinski definition) is 0. The fourth-order valence-corrected chi connectivity index (χ4v) is 11.0. The predicted octanol–water partition coefficient (Wildman–Crippen LogP) is 15.1. The molecule has 0 heterocycles. The maximum atomic E-state index is 2.49. The van der Waals surface area contributed by atoms with Gasteiger partial charge in [-0.15, -0.1) is 0 Å². The molecular weight excluding hydrogens is 711 g/mol. The maximum absolute atomic E-state index is 2.49. The predicted molar refractivity (Wildman–Crippen MR) is 246 cm³/mol. The molecular formula is C58H41N. The molecule has 0 saturated carbocycles. The van der Waals surface area contributed by atoms with E-state index in [0.29, 0.717) is 0 Å². The lowest BCUT2D eigenvalue weighted by atomic mass is 9.68. The molecule has 0 radical (unpaired) electrons. The van der Waals surface area contributed by atoms with Gasteiger partial charge in [-0.1, -0.05) is 196 Å². The van der Waals surface area contributed by atoms with Gasteiger partial charge in [-0.25, -0.2) is 0 Å². The fraction of sp³-hybridized carbons (Fsp3) is 0.0690. The third kappa shape index (κ3) is 4.67. The molecule has 0 fully saturated rings. The van der Waals surface area contributed by atoms with Gasteiger partial charge in [-0.3, -0.25) is 0 Å². The van der Waals surface area contributed by atoms with Gasteiger partial charge in [-0.2, -0.15) is 0 Å². The molecule has 0 aromatic heterocycles. The van der Waals surface area contributed by atoms with E-state index in [4.69, 9.17) is 0 Å². The fourth-order valence-electron chi connectivity index (χ4n) is 11.0. The third-order valence-corrected chi connectivity index (χ3v) is 13.5. The van der Waals surface area contributed by atoms with Crippen molar-refractivity contribution in [3.63, 3.8) is 0 Å². The Balaban J connectivity index is 1.12. The van der Waals surface area contributed by atoms with Crippen LogP contribution in [0.3, 0.4) is 0 Å². The Morgan fingerprint density at radius 1 is 0.305 bits per heavy atom. The van der Waals surface area contributed by atoms with Gasteiger partial charge in [0.1, 0.15) is 0 Å². The van der Waals surface area contributed by atoms with Crippen molar-refractivity contribution >= 4 is 17.1 Å². The van der Waals surface area contributed by atoms with Crippen molar-refractivity contribution in [1.82, 2.24) is 0 Å². The van der Waals surface area contributed by atoms with Crippen LogP contribution in [-0.2, 0) is 10.8 Å². The van der Waals surface area contributed by atoms with Crippen molar-refractivity contribution in [3.8, 4) is 55.6 Å². The molecule has 59 heavy (non-hydrogen) atoms. The largest absolute Gasteiger partial charge is 0.310 e. The van der Waals surface area contributed by atoms with Crippen molar-refractivity contribution in [2.24, 2.45) is 0 Å². The van der Waals surface area contributed by atoms with Gasteiger partial charge in [0, 0.05) is 22.4 Å². The average Bonchev–Trinajstić information content (AvgIpc) is 3.86. The molecule has 0 bridgehead atoms. The van der Waals surface area contributed by atoms with Crippen LogP contribution in [0.4, 0.5) is 17.1 Å². The molecule has 1 nitrogen and oxygen atoms in total. The Hall–Kier alpha value is -7.22. The monoisotopic (exact) mass is 751 g/mol. The summed E-state index contributed by atoms with van der Waals surface area (Å²) in [5.74, 6) is 0. The third-order valence-electron chi connectivity index (χ3n) is 13.5. The minimum atomic E-state index is -0.464. The number of hydrogen-bond acceptors (Lipinski definition) is 1. The molecule has 1 heteroatoms. The molecule has 3 aliphatic rings. The summed E-state index contributed by atoms with van der Waals surface area (Å²) < 4.78 is 0. The second-order valence-electron chi connectivity index (χ2n) is 16.8. The van der Waals surface area contributed by atoms with Gasteiger partial charge in [0.15, 0.2) is 0 Å². The summed E-state index contributed by atoms with van der Waals surface area (Å²) in [6.07, 6.45) is 0. The highest BCUT2D eigenvalue weighted by Gasteiger charge is 2.52. The Morgan fingerprint density at radius 3 is 1.36 bits per heavy atom. The van der Waals surface area contributed by atoms with Gasteiger partial charge in [0.25, 0.3) is 0 Å². The summed E-state index contributed by atoms with van der Waals surface area (Å²) in [7, 11) is 0. The summed E-state index contributed by atoms with van der Waals surface area (Å²) in [5.41, 5.74) is 23.7. The smallest absolute Gasteiger partial charge is 0.0731 e. The summed E-state index contributed by atoms with van der Waals surface area (Å²) in [6.45, 7) is 4.74. The minimum absolute atomic E-state index is 0.133. The molecule has 0 N–H and O–H groups in total. The number of para-hydroxylation sites is 1. The molecule has 3 aliphatic carbocycles. The highest BCUT2D eigenvalue weighted by Crippen LogP contribution is 2.65. The quantitative estimate of drug-likeness (QED) is 0.169. The lowest BCUT2D eigenvalue weighted by Gasteiger charge is -2.34. The van der Waals surface area contributed by atoms with E-state index in [0.717, 1.165) is 17.1 Å². The van der Waals surface area contributed by atoms with Gasteiger partial charge < -0.3 is 4.90 Å². The van der Waals surface area contributed by atoms with Gasteiger partial charge >= 0.3 is 0 Å². The number of anilines is 3. The van der Waals surface area contributed by atoms with Crippen LogP contribution in [0.1, 0.15) is 47.2 Å². The summed E-state index contributed by atoms with van der Waals surface area (Å²) in [4.78, 5) is 2.49. The molecule has 0 saturated heterocycles. The number of rotatable bonds is 5. The van der Waals surface area contributed by atoms with Crippen LogP contribution in [0.5, 0.6) is 0 Å². The first-order valence-corrected chi connectivity index (χ1v) is 20.8. The van der Waals surface area contributed by atoms with Crippen LogP contribution in [0.2, 0.25) is 0 Å². The summed E-state index contributed by atoms with van der Waals surface area (Å²) >= 11 is 0. The van der Waals surface area contributed by atoms with Gasteiger partial charge in [0.2, 0.25) is 0 Å². The number of benzene rings is 9. The van der Waals surface area contributed by atoms with Crippen LogP contribution in [0.25, 0.3) is 55.6 Å². The lowest BCUT2D eigenvalue weighted by molar-refractivity contribution is 0.660. The van der Waals surface area contributed by atoms with E-state index in [1.165, 1.54) is 89.0 Å². The Kier molecular flexibility index (Phi) is 7.26. The molecule has 278 valence electrons. The van der Waals surface area contributed by atoms with Crippen molar-refractivity contribution in [1.29, 1.82) is 0 Å². The van der Waals surface area contributed by atoms with E-state index in [2.05, 4.69) is 231 Å². The van der Waals surface area contributed by atoms with E-state index in [9.17, 15) is 0 Å². The van der Waals surface area contributed by atoms with Crippen molar-refractivity contribution in [2.75, 3.05) is 4.90 Å². The van der Waals surface area contributed by atoms with Crippen LogP contribution in [0, 0.1) is 0 Å². The zero-order chi connectivity index (χ0) is 39.3. The summed E-state index contributed by atoms with van der Waals surface area (Å²) in [5, 5.41) is 0. The first kappa shape index (κ1) is 33.9. The van der Waals surface area contributed by atoms with E-state index in [-0.39, 0.29) is 5.41 Å². The molecule has 0 amide bonds. The Morgan fingerprint density at radius 2 is 0.729 bits per heavy atom. The second kappa shape index (κ2) is 12.6. The maximum Gasteiger partial charge on any atom is 0.0731 e. The summed E-state index contributed by atoms with van der Waals surface area (Å²) in [6, 6.07) is 79.2. The highest BCUT2D eigenvalue weighted by molar-refractivity contribution is 6.01. The molecule has 0 aliphatic heterocycles. The Labute approximate surface area is 346 Å². The van der Waals surface area contributed by atoms with Crippen molar-refractivity contribution in [3.05, 3.63) is 246 Å². The van der Waals surface area contributed by atoms with Crippen molar-refractivity contribution < 1.29 is 0 Å². The van der Waals surface area contributed by atoms with E-state index in [1.807, 2.05) is 0 Å². The average molecular weight is 752 g/mol. The number of fused-ring (bicyclic) bond motifs is 13. The van der Waals surface area contributed by atoms with Crippen LogP contribution < -0.4 is 4.90 Å².